The average molecular weight is 515 g/mol. The first kappa shape index (κ1) is 26.6. The highest BCUT2D eigenvalue weighted by Crippen LogP contribution is 2.69. The molecule has 3 fully saturated rings. The highest BCUT2D eigenvalue weighted by atomic mass is 16.6. The van der Waals surface area contributed by atoms with E-state index in [0.717, 1.165) is 37.7 Å². The van der Waals surface area contributed by atoms with E-state index in [1.165, 1.54) is 12.5 Å². The second-order valence-electron chi connectivity index (χ2n) is 13.0. The van der Waals surface area contributed by atoms with Crippen molar-refractivity contribution in [3.05, 3.63) is 22.8 Å². The quantitative estimate of drug-likeness (QED) is 0.427. The second kappa shape index (κ2) is 8.77. The van der Waals surface area contributed by atoms with Gasteiger partial charge in [-0.25, -0.2) is 4.79 Å². The van der Waals surface area contributed by atoms with Crippen LogP contribution in [0.5, 0.6) is 0 Å². The molecule has 0 aromatic heterocycles. The number of hydrogen-bond acceptors (Lipinski definition) is 7. The summed E-state index contributed by atoms with van der Waals surface area (Å²) in [4.78, 5) is 37.3. The van der Waals surface area contributed by atoms with Gasteiger partial charge in [-0.1, -0.05) is 24.1 Å². The molecule has 0 unspecified atom stereocenters. The number of carbonyl (C=O) groups is 3. The molecule has 3 saturated carbocycles. The van der Waals surface area contributed by atoms with E-state index in [1.54, 1.807) is 6.92 Å². The lowest BCUT2D eigenvalue weighted by atomic mass is 9.45. The summed E-state index contributed by atoms with van der Waals surface area (Å²) in [6, 6.07) is 0. The molecule has 204 valence electrons. The smallest absolute Gasteiger partial charge is 0.337 e. The van der Waals surface area contributed by atoms with Gasteiger partial charge < -0.3 is 19.7 Å². The monoisotopic (exact) mass is 514 g/mol. The molecule has 37 heavy (non-hydrogen) atoms. The first-order valence-electron chi connectivity index (χ1n) is 14.0. The minimum absolute atomic E-state index is 0.0336. The van der Waals surface area contributed by atoms with E-state index in [4.69, 9.17) is 9.47 Å². The zero-order valence-corrected chi connectivity index (χ0v) is 22.9. The van der Waals surface area contributed by atoms with Gasteiger partial charge in [0, 0.05) is 25.2 Å². The van der Waals surface area contributed by atoms with Gasteiger partial charge in [0.1, 0.15) is 24.1 Å². The first-order chi connectivity index (χ1) is 17.3. The largest absolute Gasteiger partial charge is 0.461 e. The number of hydrogen-bond donors (Lipinski definition) is 2. The Bertz CT molecular complexity index is 1090. The number of fused-ring (bicyclic) bond motifs is 5. The van der Waals surface area contributed by atoms with E-state index in [0.29, 0.717) is 37.0 Å². The number of esters is 2. The molecule has 7 heteroatoms. The van der Waals surface area contributed by atoms with Crippen LogP contribution >= 0.6 is 0 Å². The number of aliphatic hydroxyl groups is 2. The standard InChI is InChI=1S/C30H42O7/c1-17-15-25(37-26(33)20(17)16-36-18(2)31)29(5,34)23-12-14-30(35)22-10-9-19-7-6-8-24(32)28(19,4)21(22)11-13-27(23,30)3/h9,21-23,25,34-35H,6-8,10-16H2,1-5H3/t21-,22+,23-,25+,27+,28-,29+,30+/m0/s1. The van der Waals surface area contributed by atoms with Crippen LogP contribution in [-0.4, -0.2) is 51.8 Å². The summed E-state index contributed by atoms with van der Waals surface area (Å²) in [5.74, 6) is -0.908. The number of Topliss-reactive ketones (excluding diaryl/α,β-unsaturated/α-hetero) is 1. The summed E-state index contributed by atoms with van der Waals surface area (Å²) in [6.07, 6.45) is 7.85. The van der Waals surface area contributed by atoms with E-state index < -0.39 is 40.1 Å². The summed E-state index contributed by atoms with van der Waals surface area (Å²) >= 11 is 0. The Labute approximate surface area is 219 Å². The van der Waals surface area contributed by atoms with Gasteiger partial charge in [0.15, 0.2) is 0 Å². The van der Waals surface area contributed by atoms with Gasteiger partial charge in [0.2, 0.25) is 0 Å². The molecule has 5 rings (SSSR count). The summed E-state index contributed by atoms with van der Waals surface area (Å²) in [5.41, 5.74) is -1.07. The Balaban J connectivity index is 1.42. The van der Waals surface area contributed by atoms with E-state index in [2.05, 4.69) is 19.9 Å². The van der Waals surface area contributed by atoms with Crippen molar-refractivity contribution in [2.24, 2.45) is 28.6 Å². The molecule has 2 N–H and O–H groups in total. The Hall–Kier alpha value is -1.99. The van der Waals surface area contributed by atoms with E-state index >= 15 is 0 Å². The molecule has 0 spiro atoms. The molecule has 1 heterocycles. The molecular weight excluding hydrogens is 472 g/mol. The van der Waals surface area contributed by atoms with Gasteiger partial charge in [-0.2, -0.15) is 0 Å². The summed E-state index contributed by atoms with van der Waals surface area (Å²) < 4.78 is 10.8. The van der Waals surface area contributed by atoms with Crippen LogP contribution in [0, 0.1) is 28.6 Å². The van der Waals surface area contributed by atoms with Crippen molar-refractivity contribution in [2.45, 2.75) is 110 Å². The van der Waals surface area contributed by atoms with E-state index in [-0.39, 0.29) is 24.4 Å². The van der Waals surface area contributed by atoms with Crippen LogP contribution in [0.4, 0.5) is 0 Å². The minimum Gasteiger partial charge on any atom is -0.461 e. The lowest BCUT2D eigenvalue weighted by Crippen LogP contribution is -2.64. The van der Waals surface area contributed by atoms with Crippen LogP contribution in [-0.2, 0) is 23.9 Å². The Morgan fingerprint density at radius 2 is 1.92 bits per heavy atom. The Morgan fingerprint density at radius 3 is 2.59 bits per heavy atom. The van der Waals surface area contributed by atoms with E-state index in [1.807, 2.05) is 6.92 Å². The molecule has 0 aromatic rings. The molecule has 0 aromatic carbocycles. The number of ether oxygens (including phenoxy) is 2. The fourth-order valence-corrected chi connectivity index (χ4v) is 9.14. The lowest BCUT2D eigenvalue weighted by Gasteiger charge is -2.61. The maximum atomic E-state index is 13.2. The predicted molar refractivity (Wildman–Crippen MR) is 136 cm³/mol. The molecule has 0 amide bonds. The molecule has 5 aliphatic rings. The number of carbonyl (C=O) groups excluding carboxylic acids is 3. The SMILES string of the molecule is CC(=O)OCC1=C(C)C[C@H]([C@](C)(O)[C@H]2CC[C@@]3(O)[C@@H]4CC=C5CCCC(=O)[C@]5(C)[C@H]4CC[C@]23C)OC1=O. The Kier molecular flexibility index (Phi) is 6.31. The third-order valence-electron chi connectivity index (χ3n) is 11.4. The molecule has 1 aliphatic heterocycles. The topological polar surface area (TPSA) is 110 Å². The van der Waals surface area contributed by atoms with Crippen molar-refractivity contribution in [3.63, 3.8) is 0 Å². The van der Waals surface area contributed by atoms with Crippen LogP contribution in [0.3, 0.4) is 0 Å². The second-order valence-corrected chi connectivity index (χ2v) is 13.0. The van der Waals surface area contributed by atoms with Crippen molar-refractivity contribution >= 4 is 17.7 Å². The zero-order valence-electron chi connectivity index (χ0n) is 22.9. The average Bonchev–Trinajstić information content (AvgIpc) is 3.11. The van der Waals surface area contributed by atoms with Crippen LogP contribution < -0.4 is 0 Å². The first-order valence-corrected chi connectivity index (χ1v) is 14.0. The van der Waals surface area contributed by atoms with Gasteiger partial charge in [-0.3, -0.25) is 9.59 Å². The molecule has 8 atom stereocenters. The van der Waals surface area contributed by atoms with Crippen molar-refractivity contribution in [1.82, 2.24) is 0 Å². The van der Waals surface area contributed by atoms with Gasteiger partial charge in [0.05, 0.1) is 16.6 Å². The van der Waals surface area contributed by atoms with Crippen molar-refractivity contribution in [3.8, 4) is 0 Å². The van der Waals surface area contributed by atoms with Gasteiger partial charge in [-0.05, 0) is 83.5 Å². The fourth-order valence-electron chi connectivity index (χ4n) is 9.14. The molecular formula is C30H42O7. The van der Waals surface area contributed by atoms with Crippen LogP contribution in [0.2, 0.25) is 0 Å². The van der Waals surface area contributed by atoms with Crippen molar-refractivity contribution in [1.29, 1.82) is 0 Å². The minimum atomic E-state index is -1.35. The van der Waals surface area contributed by atoms with Gasteiger partial charge in [-0.15, -0.1) is 0 Å². The third-order valence-corrected chi connectivity index (χ3v) is 11.4. The van der Waals surface area contributed by atoms with Gasteiger partial charge in [0.25, 0.3) is 0 Å². The van der Waals surface area contributed by atoms with Crippen LogP contribution in [0.15, 0.2) is 22.8 Å². The van der Waals surface area contributed by atoms with Gasteiger partial charge >= 0.3 is 11.9 Å². The van der Waals surface area contributed by atoms with Crippen LogP contribution in [0.25, 0.3) is 0 Å². The molecule has 0 saturated heterocycles. The highest BCUT2D eigenvalue weighted by molar-refractivity contribution is 5.91. The summed E-state index contributed by atoms with van der Waals surface area (Å²) in [5, 5.41) is 24.5. The van der Waals surface area contributed by atoms with Crippen molar-refractivity contribution in [2.75, 3.05) is 6.61 Å². The normalized spacial score (nSPS) is 43.2. The zero-order chi connectivity index (χ0) is 27.0. The number of cyclic esters (lactones) is 1. The van der Waals surface area contributed by atoms with Crippen LogP contribution in [0.1, 0.15) is 92.4 Å². The number of ketones is 1. The molecule has 4 aliphatic carbocycles. The fraction of sp³-hybridized carbons (Fsp3) is 0.767. The van der Waals surface area contributed by atoms with Crippen molar-refractivity contribution < 1.29 is 34.1 Å². The number of rotatable bonds is 4. The maximum absolute atomic E-state index is 13.2. The number of allylic oxidation sites excluding steroid dienone is 2. The molecule has 0 bridgehead atoms. The third kappa shape index (κ3) is 3.70. The lowest BCUT2D eigenvalue weighted by molar-refractivity contribution is -0.215. The Morgan fingerprint density at radius 1 is 1.19 bits per heavy atom. The predicted octanol–water partition coefficient (Wildman–Crippen LogP) is 4.20. The summed E-state index contributed by atoms with van der Waals surface area (Å²) in [7, 11) is 0. The van der Waals surface area contributed by atoms with E-state index in [9.17, 15) is 24.6 Å². The highest BCUT2D eigenvalue weighted by Gasteiger charge is 2.70. The molecule has 7 nitrogen and oxygen atoms in total. The molecule has 0 radical (unpaired) electrons. The summed E-state index contributed by atoms with van der Waals surface area (Å²) in [6.45, 7) is 8.92. The maximum Gasteiger partial charge on any atom is 0.337 e.